The van der Waals surface area contributed by atoms with Crippen LogP contribution in [-0.2, 0) is 6.54 Å². The molecule has 1 saturated carbocycles. The first kappa shape index (κ1) is 13.4. The fourth-order valence-corrected chi connectivity index (χ4v) is 2.17. The van der Waals surface area contributed by atoms with E-state index < -0.39 is 0 Å². The van der Waals surface area contributed by atoms with Gasteiger partial charge >= 0.3 is 0 Å². The second-order valence-corrected chi connectivity index (χ2v) is 6.75. The Morgan fingerprint density at radius 2 is 1.78 bits per heavy atom. The van der Waals surface area contributed by atoms with E-state index in [0.29, 0.717) is 5.41 Å². The van der Waals surface area contributed by atoms with Gasteiger partial charge in [-0.2, -0.15) is 0 Å². The maximum absolute atomic E-state index is 5.73. The maximum atomic E-state index is 5.73. The van der Waals surface area contributed by atoms with E-state index >= 15 is 0 Å². The van der Waals surface area contributed by atoms with Gasteiger partial charge in [0.1, 0.15) is 0 Å². The third-order valence-corrected chi connectivity index (χ3v) is 3.58. The Morgan fingerprint density at radius 1 is 1.17 bits per heavy atom. The van der Waals surface area contributed by atoms with Crippen molar-refractivity contribution in [2.45, 2.75) is 52.6 Å². The Bertz CT molecular complexity index is 371. The van der Waals surface area contributed by atoms with Gasteiger partial charge < -0.3 is 5.73 Å². The fourth-order valence-electron chi connectivity index (χ4n) is 2.17. The zero-order valence-corrected chi connectivity index (χ0v) is 11.9. The summed E-state index contributed by atoms with van der Waals surface area (Å²) in [5.74, 6) is 0. The van der Waals surface area contributed by atoms with Crippen LogP contribution in [0.1, 0.15) is 45.6 Å². The quantitative estimate of drug-likeness (QED) is 0.803. The molecule has 1 aliphatic rings. The van der Waals surface area contributed by atoms with Crippen molar-refractivity contribution in [3.05, 3.63) is 29.8 Å². The van der Waals surface area contributed by atoms with Crippen LogP contribution in [0, 0.1) is 5.41 Å². The van der Waals surface area contributed by atoms with Crippen LogP contribution in [0.3, 0.4) is 0 Å². The highest BCUT2D eigenvalue weighted by Crippen LogP contribution is 2.30. The molecule has 0 atom stereocenters. The molecule has 1 aromatic rings. The second-order valence-electron chi connectivity index (χ2n) is 6.75. The summed E-state index contributed by atoms with van der Waals surface area (Å²) in [4.78, 5) is 2.64. The van der Waals surface area contributed by atoms with Crippen molar-refractivity contribution in [2.24, 2.45) is 5.41 Å². The number of nitrogens with two attached hydrogens (primary N) is 1. The van der Waals surface area contributed by atoms with Crippen LogP contribution in [0.2, 0.25) is 0 Å². The molecule has 0 spiro atoms. The van der Waals surface area contributed by atoms with Crippen LogP contribution >= 0.6 is 0 Å². The van der Waals surface area contributed by atoms with Crippen molar-refractivity contribution >= 4 is 5.69 Å². The largest absolute Gasteiger partial charge is 0.399 e. The average molecular weight is 246 g/mol. The van der Waals surface area contributed by atoms with Gasteiger partial charge in [0.15, 0.2) is 0 Å². The first-order valence-electron chi connectivity index (χ1n) is 7.02. The van der Waals surface area contributed by atoms with Gasteiger partial charge in [0.2, 0.25) is 0 Å². The van der Waals surface area contributed by atoms with Gasteiger partial charge in [0.05, 0.1) is 0 Å². The standard InChI is InChI=1S/C16H26N2/c1-16(2,3)10-11-18(15-8-9-15)12-13-4-6-14(17)7-5-13/h4-7,15H,8-12,17H2,1-3H3. The highest BCUT2D eigenvalue weighted by Gasteiger charge is 2.29. The fraction of sp³-hybridized carbons (Fsp3) is 0.625. The predicted molar refractivity (Wildman–Crippen MR) is 78.4 cm³/mol. The first-order chi connectivity index (χ1) is 8.44. The van der Waals surface area contributed by atoms with E-state index in [1.54, 1.807) is 0 Å². The van der Waals surface area contributed by atoms with Crippen LogP contribution in [-0.4, -0.2) is 17.5 Å². The van der Waals surface area contributed by atoms with E-state index in [4.69, 9.17) is 5.73 Å². The van der Waals surface area contributed by atoms with Crippen molar-refractivity contribution in [3.63, 3.8) is 0 Å². The molecule has 2 N–H and O–H groups in total. The molecule has 0 unspecified atom stereocenters. The number of hydrogen-bond donors (Lipinski definition) is 1. The summed E-state index contributed by atoms with van der Waals surface area (Å²) >= 11 is 0. The molecule has 0 heterocycles. The molecule has 1 fully saturated rings. The summed E-state index contributed by atoms with van der Waals surface area (Å²) in [6.45, 7) is 9.24. The van der Waals surface area contributed by atoms with Crippen LogP contribution < -0.4 is 5.73 Å². The summed E-state index contributed by atoms with van der Waals surface area (Å²) in [6.07, 6.45) is 4.01. The first-order valence-corrected chi connectivity index (χ1v) is 7.02. The van der Waals surface area contributed by atoms with E-state index in [9.17, 15) is 0 Å². The van der Waals surface area contributed by atoms with Gasteiger partial charge in [0, 0.05) is 18.3 Å². The summed E-state index contributed by atoms with van der Waals surface area (Å²) in [7, 11) is 0. The van der Waals surface area contributed by atoms with Crippen LogP contribution in [0.15, 0.2) is 24.3 Å². The highest BCUT2D eigenvalue weighted by atomic mass is 15.2. The lowest BCUT2D eigenvalue weighted by Gasteiger charge is -2.27. The lowest BCUT2D eigenvalue weighted by atomic mass is 9.92. The van der Waals surface area contributed by atoms with Crippen molar-refractivity contribution < 1.29 is 0 Å². The molecule has 100 valence electrons. The zero-order chi connectivity index (χ0) is 13.2. The number of benzene rings is 1. The molecule has 0 bridgehead atoms. The molecule has 0 radical (unpaired) electrons. The third-order valence-electron chi connectivity index (χ3n) is 3.58. The topological polar surface area (TPSA) is 29.3 Å². The molecule has 0 aliphatic heterocycles. The Morgan fingerprint density at radius 3 is 2.28 bits per heavy atom. The summed E-state index contributed by atoms with van der Waals surface area (Å²) in [5.41, 5.74) is 8.39. The molecule has 2 nitrogen and oxygen atoms in total. The molecule has 0 aromatic heterocycles. The SMILES string of the molecule is CC(C)(C)CCN(Cc1ccc(N)cc1)C1CC1. The summed E-state index contributed by atoms with van der Waals surface area (Å²) in [5, 5.41) is 0. The summed E-state index contributed by atoms with van der Waals surface area (Å²) in [6, 6.07) is 9.14. The van der Waals surface area contributed by atoms with Gasteiger partial charge in [-0.25, -0.2) is 0 Å². The van der Waals surface area contributed by atoms with Crippen molar-refractivity contribution in [1.82, 2.24) is 4.90 Å². The molecule has 0 amide bonds. The smallest absolute Gasteiger partial charge is 0.0314 e. The number of nitrogen functional groups attached to an aromatic ring is 1. The van der Waals surface area contributed by atoms with Crippen LogP contribution in [0.4, 0.5) is 5.69 Å². The van der Waals surface area contributed by atoms with Crippen molar-refractivity contribution in [2.75, 3.05) is 12.3 Å². The van der Waals surface area contributed by atoms with E-state index in [1.165, 1.54) is 31.4 Å². The normalized spacial score (nSPS) is 16.2. The van der Waals surface area contributed by atoms with Gasteiger partial charge in [-0.1, -0.05) is 32.9 Å². The van der Waals surface area contributed by atoms with Gasteiger partial charge in [0.25, 0.3) is 0 Å². The molecule has 2 heteroatoms. The third kappa shape index (κ3) is 4.34. The van der Waals surface area contributed by atoms with E-state index in [1.807, 2.05) is 12.1 Å². The predicted octanol–water partition coefficient (Wildman–Crippen LogP) is 3.67. The second kappa shape index (κ2) is 5.31. The van der Waals surface area contributed by atoms with E-state index in [0.717, 1.165) is 18.3 Å². The molecule has 1 aliphatic carbocycles. The molecule has 2 rings (SSSR count). The van der Waals surface area contributed by atoms with Crippen LogP contribution in [0.25, 0.3) is 0 Å². The van der Waals surface area contributed by atoms with Crippen molar-refractivity contribution in [3.8, 4) is 0 Å². The minimum atomic E-state index is 0.425. The number of rotatable bonds is 5. The monoisotopic (exact) mass is 246 g/mol. The molecule has 18 heavy (non-hydrogen) atoms. The molecule has 1 aromatic carbocycles. The summed E-state index contributed by atoms with van der Waals surface area (Å²) < 4.78 is 0. The van der Waals surface area contributed by atoms with E-state index in [-0.39, 0.29) is 0 Å². The lowest BCUT2D eigenvalue weighted by Crippen LogP contribution is -2.29. The van der Waals surface area contributed by atoms with Crippen molar-refractivity contribution in [1.29, 1.82) is 0 Å². The Kier molecular flexibility index (Phi) is 3.96. The molecule has 0 saturated heterocycles. The maximum Gasteiger partial charge on any atom is 0.0314 e. The minimum Gasteiger partial charge on any atom is -0.399 e. The lowest BCUT2D eigenvalue weighted by molar-refractivity contribution is 0.212. The molecular formula is C16H26N2. The number of anilines is 1. The van der Waals surface area contributed by atoms with Gasteiger partial charge in [-0.05, 0) is 48.9 Å². The Hall–Kier alpha value is -1.02. The highest BCUT2D eigenvalue weighted by molar-refractivity contribution is 5.39. The zero-order valence-electron chi connectivity index (χ0n) is 11.9. The van der Waals surface area contributed by atoms with Crippen LogP contribution in [0.5, 0.6) is 0 Å². The number of hydrogen-bond acceptors (Lipinski definition) is 2. The minimum absolute atomic E-state index is 0.425. The Labute approximate surface area is 111 Å². The number of nitrogens with zero attached hydrogens (tertiary/aromatic N) is 1. The van der Waals surface area contributed by atoms with Gasteiger partial charge in [-0.15, -0.1) is 0 Å². The molecular weight excluding hydrogens is 220 g/mol. The van der Waals surface area contributed by atoms with Gasteiger partial charge in [-0.3, -0.25) is 4.90 Å². The Balaban J connectivity index is 1.92. The average Bonchev–Trinajstić information content (AvgIpc) is 3.09. The van der Waals surface area contributed by atoms with E-state index in [2.05, 4.69) is 37.8 Å².